The molecular weight excluding hydrogens is 335 g/mol. The standard InChI is InChI=1S/C16H20ClFN4S/c1-11-21-14(10-23-11)9-22(3)16(19-2)20-7-6-12-4-5-13(18)8-15(12)17/h4-5,8,10H,6-7,9H2,1-3H3,(H,19,20). The summed E-state index contributed by atoms with van der Waals surface area (Å²) in [5.41, 5.74) is 1.94. The number of rotatable bonds is 5. The summed E-state index contributed by atoms with van der Waals surface area (Å²) in [6.45, 7) is 3.35. The van der Waals surface area contributed by atoms with E-state index in [1.807, 2.05) is 18.9 Å². The minimum absolute atomic E-state index is 0.319. The average molecular weight is 355 g/mol. The topological polar surface area (TPSA) is 40.5 Å². The third kappa shape index (κ3) is 5.18. The van der Waals surface area contributed by atoms with E-state index in [4.69, 9.17) is 11.6 Å². The van der Waals surface area contributed by atoms with Gasteiger partial charge < -0.3 is 10.2 Å². The van der Waals surface area contributed by atoms with Gasteiger partial charge in [-0.1, -0.05) is 17.7 Å². The quantitative estimate of drug-likeness (QED) is 0.660. The van der Waals surface area contributed by atoms with Gasteiger partial charge in [0.1, 0.15) is 5.82 Å². The highest BCUT2D eigenvalue weighted by Gasteiger charge is 2.09. The van der Waals surface area contributed by atoms with Crippen LogP contribution in [0.15, 0.2) is 28.6 Å². The van der Waals surface area contributed by atoms with E-state index in [1.165, 1.54) is 12.1 Å². The molecule has 2 aromatic rings. The van der Waals surface area contributed by atoms with Crippen molar-refractivity contribution in [1.29, 1.82) is 0 Å². The van der Waals surface area contributed by atoms with E-state index in [0.29, 0.717) is 24.5 Å². The lowest BCUT2D eigenvalue weighted by Gasteiger charge is -2.21. The first kappa shape index (κ1) is 17.7. The van der Waals surface area contributed by atoms with E-state index in [-0.39, 0.29) is 5.82 Å². The highest BCUT2D eigenvalue weighted by Crippen LogP contribution is 2.17. The van der Waals surface area contributed by atoms with Crippen LogP contribution in [0.4, 0.5) is 4.39 Å². The Kier molecular flexibility index (Phi) is 6.36. The number of benzene rings is 1. The normalized spacial score (nSPS) is 11.6. The monoisotopic (exact) mass is 354 g/mol. The van der Waals surface area contributed by atoms with Gasteiger partial charge in [0.05, 0.1) is 17.2 Å². The van der Waals surface area contributed by atoms with Crippen LogP contribution in [0.2, 0.25) is 5.02 Å². The second-order valence-corrected chi connectivity index (χ2v) is 6.64. The Morgan fingerprint density at radius 2 is 2.26 bits per heavy atom. The molecule has 1 aromatic carbocycles. The maximum absolute atomic E-state index is 13.0. The van der Waals surface area contributed by atoms with Crippen molar-refractivity contribution in [2.45, 2.75) is 19.9 Å². The largest absolute Gasteiger partial charge is 0.356 e. The summed E-state index contributed by atoms with van der Waals surface area (Å²) in [4.78, 5) is 10.7. The molecular formula is C16H20ClFN4S. The first-order valence-electron chi connectivity index (χ1n) is 7.26. The van der Waals surface area contributed by atoms with E-state index < -0.39 is 0 Å². The molecule has 0 aliphatic heterocycles. The summed E-state index contributed by atoms with van der Waals surface area (Å²) >= 11 is 7.68. The fourth-order valence-electron chi connectivity index (χ4n) is 2.22. The summed E-state index contributed by atoms with van der Waals surface area (Å²) < 4.78 is 13.0. The van der Waals surface area contributed by atoms with E-state index >= 15 is 0 Å². The highest BCUT2D eigenvalue weighted by molar-refractivity contribution is 7.09. The predicted molar refractivity (Wildman–Crippen MR) is 94.8 cm³/mol. The number of hydrogen-bond acceptors (Lipinski definition) is 3. The maximum atomic E-state index is 13.0. The molecule has 7 heteroatoms. The zero-order valence-corrected chi connectivity index (χ0v) is 15.0. The van der Waals surface area contributed by atoms with Crippen molar-refractivity contribution >= 4 is 28.9 Å². The molecule has 1 N–H and O–H groups in total. The number of aromatic nitrogens is 1. The lowest BCUT2D eigenvalue weighted by Crippen LogP contribution is -2.39. The van der Waals surface area contributed by atoms with Gasteiger partial charge in [-0.2, -0.15) is 0 Å². The molecule has 0 aliphatic carbocycles. The molecule has 0 bridgehead atoms. The van der Waals surface area contributed by atoms with Gasteiger partial charge in [-0.05, 0) is 31.0 Å². The van der Waals surface area contributed by atoms with Gasteiger partial charge in [-0.3, -0.25) is 4.99 Å². The number of aliphatic imine (C=N–C) groups is 1. The Labute approximate surface area is 145 Å². The van der Waals surface area contributed by atoms with Gasteiger partial charge in [0.2, 0.25) is 0 Å². The molecule has 2 rings (SSSR count). The number of nitrogens with one attached hydrogen (secondary N) is 1. The molecule has 0 saturated heterocycles. The fourth-order valence-corrected chi connectivity index (χ4v) is 3.08. The van der Waals surface area contributed by atoms with Crippen LogP contribution < -0.4 is 5.32 Å². The highest BCUT2D eigenvalue weighted by atomic mass is 35.5. The van der Waals surface area contributed by atoms with Gasteiger partial charge in [-0.15, -0.1) is 11.3 Å². The SMILES string of the molecule is CN=C(NCCc1ccc(F)cc1Cl)N(C)Cc1csc(C)n1. The minimum atomic E-state index is -0.319. The summed E-state index contributed by atoms with van der Waals surface area (Å²) in [7, 11) is 3.71. The van der Waals surface area contributed by atoms with Crippen LogP contribution in [0, 0.1) is 12.7 Å². The summed E-state index contributed by atoms with van der Waals surface area (Å²) in [5.74, 6) is 0.467. The molecule has 0 radical (unpaired) electrons. The molecule has 0 unspecified atom stereocenters. The van der Waals surface area contributed by atoms with Crippen molar-refractivity contribution in [1.82, 2.24) is 15.2 Å². The zero-order chi connectivity index (χ0) is 16.8. The Morgan fingerprint density at radius 3 is 2.87 bits per heavy atom. The minimum Gasteiger partial charge on any atom is -0.356 e. The van der Waals surface area contributed by atoms with Gasteiger partial charge in [0.15, 0.2) is 5.96 Å². The van der Waals surface area contributed by atoms with Crippen LogP contribution in [0.5, 0.6) is 0 Å². The van der Waals surface area contributed by atoms with E-state index in [0.717, 1.165) is 22.2 Å². The number of halogens is 2. The second kappa shape index (κ2) is 8.26. The molecule has 1 aromatic heterocycles. The van der Waals surface area contributed by atoms with Gasteiger partial charge in [0, 0.05) is 31.0 Å². The molecule has 124 valence electrons. The van der Waals surface area contributed by atoms with Crippen LogP contribution in [0.25, 0.3) is 0 Å². The molecule has 0 fully saturated rings. The number of aryl methyl sites for hydroxylation is 1. The molecule has 0 atom stereocenters. The number of guanidine groups is 1. The molecule has 4 nitrogen and oxygen atoms in total. The number of hydrogen-bond donors (Lipinski definition) is 1. The van der Waals surface area contributed by atoms with Gasteiger partial charge in [0.25, 0.3) is 0 Å². The van der Waals surface area contributed by atoms with Crippen molar-refractivity contribution in [2.24, 2.45) is 4.99 Å². The number of thiazole rings is 1. The van der Waals surface area contributed by atoms with E-state index in [9.17, 15) is 4.39 Å². The van der Waals surface area contributed by atoms with Crippen LogP contribution in [-0.2, 0) is 13.0 Å². The first-order valence-corrected chi connectivity index (χ1v) is 8.52. The summed E-state index contributed by atoms with van der Waals surface area (Å²) in [5, 5.41) is 6.85. The van der Waals surface area contributed by atoms with Crippen molar-refractivity contribution in [3.8, 4) is 0 Å². The van der Waals surface area contributed by atoms with Crippen LogP contribution >= 0.6 is 22.9 Å². The lowest BCUT2D eigenvalue weighted by atomic mass is 10.1. The maximum Gasteiger partial charge on any atom is 0.193 e. The van der Waals surface area contributed by atoms with Crippen LogP contribution in [0.1, 0.15) is 16.3 Å². The van der Waals surface area contributed by atoms with E-state index in [2.05, 4.69) is 20.7 Å². The van der Waals surface area contributed by atoms with Crippen molar-refractivity contribution in [3.63, 3.8) is 0 Å². The molecule has 0 amide bonds. The molecule has 1 heterocycles. The Hall–Kier alpha value is -1.66. The molecule has 0 saturated carbocycles. The van der Waals surface area contributed by atoms with Crippen LogP contribution in [0.3, 0.4) is 0 Å². The first-order chi connectivity index (χ1) is 11.0. The Bertz CT molecular complexity index is 686. The zero-order valence-electron chi connectivity index (χ0n) is 13.4. The third-order valence-electron chi connectivity index (χ3n) is 3.33. The number of nitrogens with zero attached hydrogens (tertiary/aromatic N) is 3. The van der Waals surface area contributed by atoms with Crippen molar-refractivity contribution < 1.29 is 4.39 Å². The average Bonchev–Trinajstić information content (AvgIpc) is 2.90. The van der Waals surface area contributed by atoms with E-state index in [1.54, 1.807) is 24.5 Å². The van der Waals surface area contributed by atoms with Crippen LogP contribution in [-0.4, -0.2) is 36.5 Å². The predicted octanol–water partition coefficient (Wildman–Crippen LogP) is 3.49. The van der Waals surface area contributed by atoms with Gasteiger partial charge in [-0.25, -0.2) is 9.37 Å². The van der Waals surface area contributed by atoms with Crippen molar-refractivity contribution in [2.75, 3.05) is 20.6 Å². The Morgan fingerprint density at radius 1 is 1.48 bits per heavy atom. The van der Waals surface area contributed by atoms with Gasteiger partial charge >= 0.3 is 0 Å². The second-order valence-electron chi connectivity index (χ2n) is 5.17. The molecule has 0 aliphatic rings. The smallest absolute Gasteiger partial charge is 0.193 e. The Balaban J connectivity index is 1.87. The third-order valence-corrected chi connectivity index (χ3v) is 4.51. The molecule has 0 spiro atoms. The summed E-state index contributed by atoms with van der Waals surface area (Å²) in [6.07, 6.45) is 0.696. The summed E-state index contributed by atoms with van der Waals surface area (Å²) in [6, 6.07) is 4.47. The fraction of sp³-hybridized carbons (Fsp3) is 0.375. The lowest BCUT2D eigenvalue weighted by molar-refractivity contribution is 0.471. The van der Waals surface area contributed by atoms with Crippen molar-refractivity contribution in [3.05, 3.63) is 50.7 Å². The molecule has 23 heavy (non-hydrogen) atoms.